The van der Waals surface area contributed by atoms with E-state index in [0.29, 0.717) is 5.92 Å². The number of allylic oxidation sites excluding steroid dienone is 2. The summed E-state index contributed by atoms with van der Waals surface area (Å²) in [7, 11) is 1.80. The average molecular weight is 215 g/mol. The summed E-state index contributed by atoms with van der Waals surface area (Å²) in [5, 5.41) is 0. The summed E-state index contributed by atoms with van der Waals surface area (Å²) in [5.41, 5.74) is 2.83. The monoisotopic (exact) mass is 215 g/mol. The van der Waals surface area contributed by atoms with Crippen LogP contribution in [0.25, 0.3) is 0 Å². The second-order valence-electron chi connectivity index (χ2n) is 4.27. The largest absolute Gasteiger partial charge is 0.297 e. The molecule has 0 N–H and O–H groups in total. The van der Waals surface area contributed by atoms with Gasteiger partial charge in [-0.05, 0) is 37.3 Å². The number of hydrogen-bond donors (Lipinski definition) is 0. The van der Waals surface area contributed by atoms with Gasteiger partial charge in [-0.25, -0.2) is 0 Å². The van der Waals surface area contributed by atoms with Gasteiger partial charge in [0, 0.05) is 13.3 Å². The Hall–Kier alpha value is -1.37. The Kier molecular flexibility index (Phi) is 5.55. The van der Waals surface area contributed by atoms with Gasteiger partial charge in [0.05, 0.1) is 0 Å². The normalized spacial score (nSPS) is 14.3. The van der Waals surface area contributed by atoms with Crippen LogP contribution in [0.5, 0.6) is 0 Å². The molecule has 0 bridgehead atoms. The van der Waals surface area contributed by atoms with Gasteiger partial charge in [0.25, 0.3) is 0 Å². The van der Waals surface area contributed by atoms with Crippen molar-refractivity contribution in [3.05, 3.63) is 47.5 Å². The Balaban J connectivity index is 2.44. The van der Waals surface area contributed by atoms with Crippen molar-refractivity contribution in [2.24, 2.45) is 4.99 Å². The van der Waals surface area contributed by atoms with Gasteiger partial charge in [0.1, 0.15) is 0 Å². The van der Waals surface area contributed by atoms with E-state index in [2.05, 4.69) is 55.2 Å². The van der Waals surface area contributed by atoms with Crippen LogP contribution >= 0.6 is 0 Å². The maximum absolute atomic E-state index is 3.96. The average Bonchev–Trinajstić information content (AvgIpc) is 2.34. The van der Waals surface area contributed by atoms with E-state index in [0.717, 1.165) is 6.42 Å². The highest BCUT2D eigenvalue weighted by molar-refractivity contribution is 5.71. The first-order valence-electron chi connectivity index (χ1n) is 5.87. The zero-order valence-electron chi connectivity index (χ0n) is 10.5. The van der Waals surface area contributed by atoms with Crippen molar-refractivity contribution in [1.82, 2.24) is 0 Å². The maximum Gasteiger partial charge on any atom is 0.0277 e. The summed E-state index contributed by atoms with van der Waals surface area (Å²) >= 11 is 0. The van der Waals surface area contributed by atoms with E-state index in [-0.39, 0.29) is 0 Å². The summed E-state index contributed by atoms with van der Waals surface area (Å²) in [4.78, 5) is 3.96. The molecule has 0 radical (unpaired) electrons. The van der Waals surface area contributed by atoms with Crippen molar-refractivity contribution in [1.29, 1.82) is 0 Å². The second-order valence-corrected chi connectivity index (χ2v) is 4.27. The molecule has 0 aliphatic rings. The molecule has 1 rings (SSSR count). The Morgan fingerprint density at radius 1 is 1.31 bits per heavy atom. The summed E-state index contributed by atoms with van der Waals surface area (Å²) in [6.07, 6.45) is 6.30. The summed E-state index contributed by atoms with van der Waals surface area (Å²) in [6, 6.07) is 10.7. The minimum absolute atomic E-state index is 0.628. The SMILES string of the molecule is CN=C/C=C(/C)CCC(C)c1ccccc1. The van der Waals surface area contributed by atoms with Crippen LogP contribution in [0.15, 0.2) is 47.0 Å². The van der Waals surface area contributed by atoms with Crippen LogP contribution in [-0.2, 0) is 0 Å². The third kappa shape index (κ3) is 4.43. The van der Waals surface area contributed by atoms with Gasteiger partial charge in [-0.15, -0.1) is 0 Å². The first-order chi connectivity index (χ1) is 7.74. The van der Waals surface area contributed by atoms with Crippen LogP contribution in [0, 0.1) is 0 Å². The molecule has 1 nitrogen and oxygen atoms in total. The van der Waals surface area contributed by atoms with Gasteiger partial charge >= 0.3 is 0 Å². The minimum Gasteiger partial charge on any atom is -0.297 e. The van der Waals surface area contributed by atoms with Gasteiger partial charge in [0.15, 0.2) is 0 Å². The lowest BCUT2D eigenvalue weighted by Crippen LogP contribution is -1.93. The fourth-order valence-corrected chi connectivity index (χ4v) is 1.68. The first kappa shape index (κ1) is 12.7. The smallest absolute Gasteiger partial charge is 0.0277 e. The van der Waals surface area contributed by atoms with E-state index in [9.17, 15) is 0 Å². The van der Waals surface area contributed by atoms with Gasteiger partial charge < -0.3 is 0 Å². The lowest BCUT2D eigenvalue weighted by molar-refractivity contribution is 0.676. The van der Waals surface area contributed by atoms with Crippen molar-refractivity contribution in [2.45, 2.75) is 32.6 Å². The van der Waals surface area contributed by atoms with Crippen LogP contribution in [-0.4, -0.2) is 13.3 Å². The number of hydrogen-bond acceptors (Lipinski definition) is 1. The highest BCUT2D eigenvalue weighted by Crippen LogP contribution is 2.21. The molecule has 1 aromatic rings. The Labute approximate surface area is 98.9 Å². The first-order valence-corrected chi connectivity index (χ1v) is 5.87. The second kappa shape index (κ2) is 7.00. The Morgan fingerprint density at radius 3 is 2.62 bits per heavy atom. The zero-order chi connectivity index (χ0) is 11.8. The fraction of sp³-hybridized carbons (Fsp3) is 0.400. The maximum atomic E-state index is 3.96. The number of nitrogens with zero attached hydrogens (tertiary/aromatic N) is 1. The van der Waals surface area contributed by atoms with E-state index in [4.69, 9.17) is 0 Å². The molecule has 0 aliphatic carbocycles. The molecule has 86 valence electrons. The van der Waals surface area contributed by atoms with Crippen molar-refractivity contribution in [2.75, 3.05) is 7.05 Å². The number of benzene rings is 1. The van der Waals surface area contributed by atoms with Crippen molar-refractivity contribution < 1.29 is 0 Å². The van der Waals surface area contributed by atoms with Crippen LogP contribution in [0.3, 0.4) is 0 Å². The summed E-state index contributed by atoms with van der Waals surface area (Å²) < 4.78 is 0. The van der Waals surface area contributed by atoms with Crippen molar-refractivity contribution in [3.63, 3.8) is 0 Å². The van der Waals surface area contributed by atoms with Gasteiger partial charge in [0.2, 0.25) is 0 Å². The fourth-order valence-electron chi connectivity index (χ4n) is 1.68. The molecular formula is C15H21N. The minimum atomic E-state index is 0.628. The molecule has 0 spiro atoms. The van der Waals surface area contributed by atoms with Gasteiger partial charge in [-0.1, -0.05) is 42.8 Å². The molecule has 0 saturated carbocycles. The van der Waals surface area contributed by atoms with Gasteiger partial charge in [-0.3, -0.25) is 4.99 Å². The van der Waals surface area contributed by atoms with E-state index in [1.807, 2.05) is 6.21 Å². The highest BCUT2D eigenvalue weighted by Gasteiger charge is 2.04. The third-order valence-electron chi connectivity index (χ3n) is 2.85. The van der Waals surface area contributed by atoms with E-state index >= 15 is 0 Å². The van der Waals surface area contributed by atoms with Crippen molar-refractivity contribution >= 4 is 6.21 Å². The molecule has 0 saturated heterocycles. The topological polar surface area (TPSA) is 12.4 Å². The standard InChI is InChI=1S/C15H21N/c1-13(11-12-16-3)9-10-14(2)15-7-5-4-6-8-15/h4-8,11-12,14H,9-10H2,1-3H3/b13-11-,16-12?. The third-order valence-corrected chi connectivity index (χ3v) is 2.85. The van der Waals surface area contributed by atoms with Gasteiger partial charge in [-0.2, -0.15) is 0 Å². The quantitative estimate of drug-likeness (QED) is 0.652. The summed E-state index contributed by atoms with van der Waals surface area (Å²) in [5.74, 6) is 0.628. The molecule has 0 fully saturated rings. The van der Waals surface area contributed by atoms with Crippen LogP contribution in [0.4, 0.5) is 0 Å². The molecule has 0 aromatic heterocycles. The van der Waals surface area contributed by atoms with E-state index in [1.54, 1.807) is 7.05 Å². The van der Waals surface area contributed by atoms with E-state index in [1.165, 1.54) is 17.6 Å². The molecule has 0 heterocycles. The van der Waals surface area contributed by atoms with Crippen LogP contribution in [0.2, 0.25) is 0 Å². The molecule has 1 aromatic carbocycles. The molecular weight excluding hydrogens is 194 g/mol. The predicted octanol–water partition coefficient (Wildman–Crippen LogP) is 4.22. The van der Waals surface area contributed by atoms with E-state index < -0.39 is 0 Å². The molecule has 1 unspecified atom stereocenters. The van der Waals surface area contributed by atoms with Crippen LogP contribution < -0.4 is 0 Å². The Morgan fingerprint density at radius 2 is 2.00 bits per heavy atom. The number of aliphatic imine (C=N–C) groups is 1. The molecule has 0 amide bonds. The lowest BCUT2D eigenvalue weighted by atomic mass is 9.94. The lowest BCUT2D eigenvalue weighted by Gasteiger charge is -2.11. The molecule has 0 aliphatic heterocycles. The van der Waals surface area contributed by atoms with Crippen molar-refractivity contribution in [3.8, 4) is 0 Å². The predicted molar refractivity (Wildman–Crippen MR) is 72.3 cm³/mol. The van der Waals surface area contributed by atoms with Crippen LogP contribution in [0.1, 0.15) is 38.2 Å². The zero-order valence-corrected chi connectivity index (χ0v) is 10.5. The molecule has 16 heavy (non-hydrogen) atoms. The Bertz CT molecular complexity index is 349. The molecule has 1 atom stereocenters. The molecule has 1 heteroatoms. The summed E-state index contributed by atoms with van der Waals surface area (Å²) in [6.45, 7) is 4.45. The number of rotatable bonds is 5. The highest BCUT2D eigenvalue weighted by atomic mass is 14.6.